The summed E-state index contributed by atoms with van der Waals surface area (Å²) in [5.41, 5.74) is 4.36. The first kappa shape index (κ1) is 21.6. The van der Waals surface area contributed by atoms with Gasteiger partial charge in [0.1, 0.15) is 0 Å². The van der Waals surface area contributed by atoms with Crippen molar-refractivity contribution in [3.05, 3.63) is 81.7 Å². The largest absolute Gasteiger partial charge is 0.493 e. The molecule has 0 bridgehead atoms. The number of benzene rings is 2. The van der Waals surface area contributed by atoms with Crippen molar-refractivity contribution >= 4 is 28.1 Å². The Balaban J connectivity index is 1.54. The van der Waals surface area contributed by atoms with E-state index in [9.17, 15) is 4.79 Å². The summed E-state index contributed by atoms with van der Waals surface area (Å²) < 4.78 is 13.1. The van der Waals surface area contributed by atoms with Crippen molar-refractivity contribution < 1.29 is 14.3 Å². The average Bonchev–Trinajstić information content (AvgIpc) is 3.48. The lowest BCUT2D eigenvalue weighted by atomic mass is 9.94. The van der Waals surface area contributed by atoms with Crippen molar-refractivity contribution in [3.63, 3.8) is 0 Å². The van der Waals surface area contributed by atoms with Gasteiger partial charge in [0, 0.05) is 35.1 Å². The monoisotopic (exact) mass is 460 g/mol. The number of hydrogen-bond donors (Lipinski definition) is 0. The predicted molar refractivity (Wildman–Crippen MR) is 133 cm³/mol. The Bertz CT molecular complexity index is 1310. The first-order valence-corrected chi connectivity index (χ1v) is 12.2. The molecule has 2 aromatic heterocycles. The number of aryl methyl sites for hydroxylation is 1. The molecule has 1 amide bonds. The summed E-state index contributed by atoms with van der Waals surface area (Å²) in [6.45, 7) is 3.66. The van der Waals surface area contributed by atoms with Crippen molar-refractivity contribution in [1.29, 1.82) is 0 Å². The van der Waals surface area contributed by atoms with Crippen LogP contribution in [0.2, 0.25) is 0 Å². The molecular weight excluding hydrogens is 432 g/mol. The smallest absolute Gasteiger partial charge is 0.256 e. The van der Waals surface area contributed by atoms with Crippen LogP contribution in [0.3, 0.4) is 0 Å². The van der Waals surface area contributed by atoms with Crippen LogP contribution in [-0.4, -0.2) is 36.1 Å². The van der Waals surface area contributed by atoms with Gasteiger partial charge in [0.05, 0.1) is 25.8 Å². The lowest BCUT2D eigenvalue weighted by Gasteiger charge is -2.36. The Morgan fingerprint density at radius 2 is 1.91 bits per heavy atom. The van der Waals surface area contributed by atoms with Crippen LogP contribution in [0.25, 0.3) is 10.9 Å². The zero-order chi connectivity index (χ0) is 22.9. The maximum absolute atomic E-state index is 14.0. The Labute approximate surface area is 198 Å². The quantitative estimate of drug-likeness (QED) is 0.370. The lowest BCUT2D eigenvalue weighted by molar-refractivity contribution is 0.0666. The number of hydrogen-bond acceptors (Lipinski definition) is 4. The van der Waals surface area contributed by atoms with Gasteiger partial charge in [-0.1, -0.05) is 24.3 Å². The van der Waals surface area contributed by atoms with Gasteiger partial charge in [-0.25, -0.2) is 0 Å². The van der Waals surface area contributed by atoms with Crippen LogP contribution in [0.15, 0.2) is 60.1 Å². The molecule has 1 unspecified atom stereocenters. The summed E-state index contributed by atoms with van der Waals surface area (Å²) in [4.78, 5) is 17.3. The molecule has 5 rings (SSSR count). The average molecular weight is 461 g/mol. The van der Waals surface area contributed by atoms with E-state index in [0.29, 0.717) is 18.0 Å². The number of thiophene rings is 1. The van der Waals surface area contributed by atoms with Crippen molar-refractivity contribution in [2.45, 2.75) is 32.4 Å². The molecule has 0 saturated heterocycles. The zero-order valence-electron chi connectivity index (χ0n) is 19.2. The summed E-state index contributed by atoms with van der Waals surface area (Å²) in [6, 6.07) is 16.4. The number of rotatable bonds is 6. The number of methoxy groups -OCH3 is 2. The number of ether oxygens (including phenoxy) is 2. The van der Waals surface area contributed by atoms with E-state index in [1.807, 2.05) is 30.5 Å². The summed E-state index contributed by atoms with van der Waals surface area (Å²) in [7, 11) is 3.29. The minimum atomic E-state index is -0.0110. The van der Waals surface area contributed by atoms with Crippen LogP contribution < -0.4 is 9.47 Å². The fraction of sp³-hybridized carbons (Fsp3) is 0.296. The second-order valence-electron chi connectivity index (χ2n) is 8.31. The van der Waals surface area contributed by atoms with Gasteiger partial charge in [-0.3, -0.25) is 4.79 Å². The number of nitrogens with zero attached hydrogens (tertiary/aromatic N) is 2. The molecule has 0 fully saturated rings. The zero-order valence-corrected chi connectivity index (χ0v) is 20.0. The molecule has 2 aromatic carbocycles. The van der Waals surface area contributed by atoms with E-state index >= 15 is 0 Å². The van der Waals surface area contributed by atoms with E-state index in [4.69, 9.17) is 9.47 Å². The number of para-hydroxylation sites is 1. The second-order valence-corrected chi connectivity index (χ2v) is 9.26. The SMILES string of the molecule is CCn1cc(C(=O)N2CCc3ccsc3C2Cc2ccc(OC)c(OC)c2)c2ccccc21. The number of carbonyl (C=O) groups excluding carboxylic acids is 1. The minimum Gasteiger partial charge on any atom is -0.493 e. The topological polar surface area (TPSA) is 43.7 Å². The first-order chi connectivity index (χ1) is 16.1. The second kappa shape index (κ2) is 8.94. The molecule has 0 N–H and O–H groups in total. The molecule has 0 radical (unpaired) electrons. The van der Waals surface area contributed by atoms with Crippen LogP contribution in [0.4, 0.5) is 0 Å². The van der Waals surface area contributed by atoms with Crippen molar-refractivity contribution in [2.24, 2.45) is 0 Å². The Morgan fingerprint density at radius 3 is 2.70 bits per heavy atom. The molecule has 1 aliphatic heterocycles. The highest BCUT2D eigenvalue weighted by Crippen LogP contribution is 2.39. The summed E-state index contributed by atoms with van der Waals surface area (Å²) in [5.74, 6) is 1.52. The Hall–Kier alpha value is -3.25. The van der Waals surface area contributed by atoms with Crippen LogP contribution in [-0.2, 0) is 19.4 Å². The summed E-state index contributed by atoms with van der Waals surface area (Å²) in [6.07, 6.45) is 3.63. The van der Waals surface area contributed by atoms with E-state index in [0.717, 1.165) is 41.4 Å². The van der Waals surface area contributed by atoms with Crippen molar-refractivity contribution in [2.75, 3.05) is 20.8 Å². The highest BCUT2D eigenvalue weighted by molar-refractivity contribution is 7.10. The molecule has 0 saturated carbocycles. The molecule has 1 aliphatic rings. The standard InChI is InChI=1S/C27H28N2O3S/c1-4-28-17-21(20-7-5-6-8-22(20)28)27(30)29-13-11-19-12-14-33-26(19)23(29)15-18-9-10-24(31-2)25(16-18)32-3/h5-10,12,14,16-17,23H,4,11,13,15H2,1-3H3. The van der Waals surface area contributed by atoms with E-state index in [2.05, 4.69) is 46.0 Å². The van der Waals surface area contributed by atoms with Crippen molar-refractivity contribution in [3.8, 4) is 11.5 Å². The van der Waals surface area contributed by atoms with Crippen LogP contribution in [0.1, 0.15) is 39.3 Å². The predicted octanol–water partition coefficient (Wildman–Crippen LogP) is 5.72. The van der Waals surface area contributed by atoms with Crippen LogP contribution >= 0.6 is 11.3 Å². The summed E-state index contributed by atoms with van der Waals surface area (Å²) >= 11 is 1.74. The number of aromatic nitrogens is 1. The fourth-order valence-corrected chi connectivity index (χ4v) is 5.96. The Morgan fingerprint density at radius 1 is 1.09 bits per heavy atom. The maximum atomic E-state index is 14.0. The molecule has 4 aromatic rings. The van der Waals surface area contributed by atoms with Gasteiger partial charge in [-0.2, -0.15) is 0 Å². The number of carbonyl (C=O) groups is 1. The molecule has 6 heteroatoms. The molecule has 0 aliphatic carbocycles. The lowest BCUT2D eigenvalue weighted by Crippen LogP contribution is -2.40. The molecule has 33 heavy (non-hydrogen) atoms. The van der Waals surface area contributed by atoms with Crippen LogP contribution in [0, 0.1) is 0 Å². The van der Waals surface area contributed by atoms with Gasteiger partial charge in [-0.05, 0) is 60.5 Å². The van der Waals surface area contributed by atoms with Gasteiger partial charge in [0.25, 0.3) is 5.91 Å². The van der Waals surface area contributed by atoms with E-state index in [1.54, 1.807) is 25.6 Å². The fourth-order valence-electron chi connectivity index (χ4n) is 4.90. The van der Waals surface area contributed by atoms with Crippen LogP contribution in [0.5, 0.6) is 11.5 Å². The van der Waals surface area contributed by atoms with Gasteiger partial charge in [0.2, 0.25) is 0 Å². The van der Waals surface area contributed by atoms with E-state index in [-0.39, 0.29) is 11.9 Å². The van der Waals surface area contributed by atoms with E-state index in [1.165, 1.54) is 10.4 Å². The highest BCUT2D eigenvalue weighted by atomic mass is 32.1. The number of fused-ring (bicyclic) bond motifs is 2. The van der Waals surface area contributed by atoms with Gasteiger partial charge >= 0.3 is 0 Å². The maximum Gasteiger partial charge on any atom is 0.256 e. The molecule has 0 spiro atoms. The van der Waals surface area contributed by atoms with Gasteiger partial charge in [-0.15, -0.1) is 11.3 Å². The third kappa shape index (κ3) is 3.78. The molecule has 5 nitrogen and oxygen atoms in total. The van der Waals surface area contributed by atoms with Gasteiger partial charge < -0.3 is 18.9 Å². The Kier molecular flexibility index (Phi) is 5.85. The normalized spacial score (nSPS) is 15.5. The minimum absolute atomic E-state index is 0.0110. The van der Waals surface area contributed by atoms with Gasteiger partial charge in [0.15, 0.2) is 11.5 Å². The molecule has 3 heterocycles. The number of amides is 1. The summed E-state index contributed by atoms with van der Waals surface area (Å²) in [5, 5.41) is 3.16. The third-order valence-electron chi connectivity index (χ3n) is 6.58. The van der Waals surface area contributed by atoms with E-state index < -0.39 is 0 Å². The molecular formula is C27H28N2O3S. The third-order valence-corrected chi connectivity index (χ3v) is 7.64. The first-order valence-electron chi connectivity index (χ1n) is 11.3. The molecule has 1 atom stereocenters. The van der Waals surface area contributed by atoms with Crippen molar-refractivity contribution in [1.82, 2.24) is 9.47 Å². The highest BCUT2D eigenvalue weighted by Gasteiger charge is 2.33. The molecule has 170 valence electrons.